The first-order chi connectivity index (χ1) is 38.7. The van der Waals surface area contributed by atoms with Gasteiger partial charge in [0.25, 0.3) is 0 Å². The molecule has 19 rings (SSSR count). The average Bonchev–Trinajstić information content (AvgIpc) is 1.02. The topological polar surface area (TPSA) is 12.0 Å². The van der Waals surface area contributed by atoms with Crippen molar-refractivity contribution in [2.75, 3.05) is 6.54 Å². The van der Waals surface area contributed by atoms with Gasteiger partial charge in [-0.1, -0.05) is 6.58 Å². The second kappa shape index (κ2) is 11.3. The van der Waals surface area contributed by atoms with Crippen molar-refractivity contribution in [1.82, 2.24) is 5.32 Å². The fourth-order valence-electron chi connectivity index (χ4n) is 30.0. The molecular formula is C73H67FeNP4. The summed E-state index contributed by atoms with van der Waals surface area (Å²) in [7, 11) is -3.31. The summed E-state index contributed by atoms with van der Waals surface area (Å²) in [6, 6.07) is 109. The Morgan fingerprint density at radius 2 is 0.709 bits per heavy atom. The third-order valence-corrected chi connectivity index (χ3v) is 100. The monoisotopic (exact) mass is 1140 g/mol. The molecule has 1 nitrogen and oxygen atoms in total. The summed E-state index contributed by atoms with van der Waals surface area (Å²) in [6.45, 7) is 5.83. The molecule has 9 aromatic rings. The van der Waals surface area contributed by atoms with Crippen molar-refractivity contribution < 1.29 is 6.51 Å². The first kappa shape index (κ1) is 46.5. The van der Waals surface area contributed by atoms with Crippen molar-refractivity contribution in [2.24, 2.45) is 5.41 Å². The van der Waals surface area contributed by atoms with Gasteiger partial charge >= 0.3 is 460 Å². The Hall–Kier alpha value is -5.08. The third-order valence-electron chi connectivity index (χ3n) is 28.1. The van der Waals surface area contributed by atoms with Crippen molar-refractivity contribution >= 4 is 80.2 Å². The van der Waals surface area contributed by atoms with Gasteiger partial charge in [-0.2, -0.15) is 0 Å². The van der Waals surface area contributed by atoms with Gasteiger partial charge in [0.2, 0.25) is 0 Å². The Kier molecular flexibility index (Phi) is 6.64. The van der Waals surface area contributed by atoms with Crippen LogP contribution in [0.3, 0.4) is 0 Å². The molecule has 0 bridgehead atoms. The van der Waals surface area contributed by atoms with E-state index in [1.54, 1.807) is 42.4 Å². The van der Waals surface area contributed by atoms with Crippen LogP contribution in [0.4, 0.5) is 0 Å². The molecule has 8 unspecified atom stereocenters. The first-order valence-corrected chi connectivity index (χ1v) is 40.3. The van der Waals surface area contributed by atoms with Crippen molar-refractivity contribution in [3.63, 3.8) is 0 Å². The number of hydrogen-bond donors (Lipinski definition) is 1. The zero-order valence-electron chi connectivity index (χ0n) is 45.0. The van der Waals surface area contributed by atoms with Gasteiger partial charge in [0, 0.05) is 0 Å². The van der Waals surface area contributed by atoms with Gasteiger partial charge in [-0.3, -0.25) is 0 Å². The van der Waals surface area contributed by atoms with Crippen LogP contribution >= 0.6 is 31.7 Å². The number of rotatable bonds is 20. The molecule has 1 spiro atoms. The van der Waals surface area contributed by atoms with E-state index >= 15 is 0 Å². The minimum atomic E-state index is -5.98. The van der Waals surface area contributed by atoms with Gasteiger partial charge in [0.1, 0.15) is 0 Å². The van der Waals surface area contributed by atoms with E-state index in [1.807, 2.05) is 6.08 Å². The molecule has 6 heteroatoms. The summed E-state index contributed by atoms with van der Waals surface area (Å²) in [5.74, 6) is 0. The summed E-state index contributed by atoms with van der Waals surface area (Å²) < 4.78 is 1.29. The average molecular weight is 1140 g/mol. The van der Waals surface area contributed by atoms with Crippen LogP contribution in [-0.4, -0.2) is 22.8 Å². The first-order valence-electron chi connectivity index (χ1n) is 29.0. The third kappa shape index (κ3) is 2.16. The molecule has 0 amide bonds. The van der Waals surface area contributed by atoms with Crippen LogP contribution in [0.1, 0.15) is 37.8 Å². The van der Waals surface area contributed by atoms with Crippen LogP contribution < -0.4 is 47.8 Å². The van der Waals surface area contributed by atoms with E-state index in [-0.39, 0.29) is 21.6 Å². The normalized spacial score (nSPS) is 38.8. The van der Waals surface area contributed by atoms with E-state index < -0.39 is 38.2 Å². The van der Waals surface area contributed by atoms with E-state index in [4.69, 9.17) is 0 Å². The van der Waals surface area contributed by atoms with Crippen LogP contribution in [0.5, 0.6) is 0 Å². The molecule has 10 heterocycles. The van der Waals surface area contributed by atoms with Crippen LogP contribution in [-0.2, 0) is 13.1 Å². The summed E-state index contributed by atoms with van der Waals surface area (Å²) in [4.78, 5) is 4.13. The molecule has 8 atom stereocenters. The van der Waals surface area contributed by atoms with Crippen LogP contribution in [0, 0.1) is 5.41 Å². The molecule has 0 saturated carbocycles. The zero-order chi connectivity index (χ0) is 52.6. The van der Waals surface area contributed by atoms with Gasteiger partial charge in [0.15, 0.2) is 0 Å². The van der Waals surface area contributed by atoms with E-state index in [2.05, 4.69) is 293 Å². The standard InChI is InChI=1S/C44H44NP2.C29H23P2.Fe/c1-4-35-26-28-36(29-27-35)34-45-31-17-30-44(2,3)37-32-42(46(38-18-9-5-10-19-38)39-20-11-6-12-21-39)43(33-37)47(40-22-13-7-14-23-40)41-24-15-8-16-25-41;1-5-14-24(15-6-1)30(25-16-7-2-8-17-25)28-22-13-23-29(28)31(26-18-9-3-10-19-26)27-20-11-4-12-21-27;/h4-16,18-29,32-33,45H,1,17,30-31,34H2,2-3H3;1-23H;. The molecule has 0 aliphatic carbocycles. The summed E-state index contributed by atoms with van der Waals surface area (Å²) in [5.41, 5.74) is 2.67. The van der Waals surface area contributed by atoms with Crippen LogP contribution in [0.15, 0.2) is 273 Å². The van der Waals surface area contributed by atoms with Crippen molar-refractivity contribution in [1.29, 1.82) is 0 Å². The van der Waals surface area contributed by atoms with Gasteiger partial charge in [-0.05, 0) is 0 Å². The molecule has 0 aromatic heterocycles. The maximum atomic E-state index is 4.02. The minimum absolute atomic E-state index is 0.140. The second-order valence-electron chi connectivity index (χ2n) is 27.0. The fourth-order valence-corrected chi connectivity index (χ4v) is 173. The Balaban J connectivity index is 0.972. The Bertz CT molecular complexity index is 3840. The van der Waals surface area contributed by atoms with Gasteiger partial charge in [-0.15, -0.1) is 0 Å². The maximum absolute atomic E-state index is 5.98. The molecule has 392 valence electrons. The van der Waals surface area contributed by atoms with Gasteiger partial charge < -0.3 is 0 Å². The Morgan fingerprint density at radius 1 is 0.418 bits per heavy atom. The number of fused-ring (bicyclic) bond motifs is 10. The zero-order valence-corrected chi connectivity index (χ0v) is 49.7. The van der Waals surface area contributed by atoms with E-state index in [1.165, 1.54) is 24.0 Å². The van der Waals surface area contributed by atoms with E-state index in [0.717, 1.165) is 37.2 Å². The van der Waals surface area contributed by atoms with Crippen molar-refractivity contribution in [3.05, 3.63) is 285 Å². The second-order valence-corrected chi connectivity index (χ2v) is 60.4. The Labute approximate surface area is 463 Å². The molecular weight excluding hydrogens is 1070 g/mol. The molecule has 0 radical (unpaired) electrons. The number of hydrogen-bond acceptors (Lipinski definition) is 1. The molecule has 10 saturated heterocycles. The predicted octanol–water partition coefficient (Wildman–Crippen LogP) is 15.1. The number of nitrogens with one attached hydrogen (secondary N) is 1. The fraction of sp³-hybridized carbons (Fsp3) is 0.233. The quantitative estimate of drug-likeness (QED) is 0.0456. The molecule has 1 N–H and O–H groups in total. The molecule has 79 heavy (non-hydrogen) atoms. The van der Waals surface area contributed by atoms with Gasteiger partial charge in [-0.25, -0.2) is 0 Å². The summed E-state index contributed by atoms with van der Waals surface area (Å²) in [6.07, 6.45) is 4.42. The van der Waals surface area contributed by atoms with E-state index in [0.29, 0.717) is 4.31 Å². The number of benzene rings is 9. The molecule has 10 fully saturated rings. The van der Waals surface area contributed by atoms with E-state index in [9.17, 15) is 0 Å². The summed E-state index contributed by atoms with van der Waals surface area (Å²) in [5, 5.41) is 17.3. The van der Waals surface area contributed by atoms with Crippen molar-refractivity contribution in [2.45, 2.75) is 77.8 Å². The molecule has 10 aliphatic heterocycles. The summed E-state index contributed by atoms with van der Waals surface area (Å²) >= 11 is 0. The van der Waals surface area contributed by atoms with Crippen molar-refractivity contribution in [3.8, 4) is 0 Å². The molecule has 9 aromatic carbocycles. The molecule has 10 aliphatic rings. The Morgan fingerprint density at radius 3 is 0.987 bits per heavy atom. The predicted molar refractivity (Wildman–Crippen MR) is 340 cm³/mol. The van der Waals surface area contributed by atoms with Crippen LogP contribution in [0.25, 0.3) is 6.08 Å². The van der Waals surface area contributed by atoms with Crippen LogP contribution in [0.2, 0.25) is 28.4 Å². The van der Waals surface area contributed by atoms with Gasteiger partial charge in [0.05, 0.1) is 0 Å². The SMILES string of the molecule is C=Cc1ccc(CNCCCC(C)(C)[C]23[CH]4[C]5(P(c6ccccc6)c6ccccc6)[C]6(P(c7ccccc7)c7ccccc7)[CH]2[Fe]43562789[CH]3[CH]2[C]7(P(c2ccccc2)c2ccccc2)[C]8(P(c2ccccc2)c2ccccc2)[CH]39)cc1.